The van der Waals surface area contributed by atoms with Gasteiger partial charge in [-0.1, -0.05) is 20.8 Å². The zero-order chi connectivity index (χ0) is 17.5. The van der Waals surface area contributed by atoms with Gasteiger partial charge >= 0.3 is 0 Å². The summed E-state index contributed by atoms with van der Waals surface area (Å²) < 4.78 is 5.76. The second-order valence-electron chi connectivity index (χ2n) is 7.49. The number of aromatic amines is 1. The highest BCUT2D eigenvalue weighted by Crippen LogP contribution is 2.35. The van der Waals surface area contributed by atoms with E-state index in [0.29, 0.717) is 6.54 Å². The lowest BCUT2D eigenvalue weighted by atomic mass is 9.90. The molecule has 130 valence electrons. The van der Waals surface area contributed by atoms with Gasteiger partial charge in [0.1, 0.15) is 11.6 Å². The zero-order valence-corrected chi connectivity index (χ0v) is 14.7. The Kier molecular flexibility index (Phi) is 4.21. The van der Waals surface area contributed by atoms with E-state index in [-0.39, 0.29) is 17.2 Å². The van der Waals surface area contributed by atoms with Crippen LogP contribution in [0.15, 0.2) is 10.5 Å². The van der Waals surface area contributed by atoms with Crippen LogP contribution in [-0.4, -0.2) is 32.5 Å². The monoisotopic (exact) mass is 331 g/mol. The van der Waals surface area contributed by atoms with E-state index in [4.69, 9.17) is 10.2 Å². The van der Waals surface area contributed by atoms with Crippen molar-refractivity contribution >= 4 is 5.91 Å². The number of furan rings is 1. The quantitative estimate of drug-likeness (QED) is 0.896. The van der Waals surface area contributed by atoms with Crippen molar-refractivity contribution in [2.75, 3.05) is 6.54 Å². The van der Waals surface area contributed by atoms with Gasteiger partial charge in [-0.25, -0.2) is 4.98 Å². The summed E-state index contributed by atoms with van der Waals surface area (Å²) >= 11 is 0. The van der Waals surface area contributed by atoms with Gasteiger partial charge in [-0.15, -0.1) is 0 Å². The molecule has 0 aliphatic carbocycles. The molecule has 1 saturated heterocycles. The van der Waals surface area contributed by atoms with E-state index in [9.17, 15) is 4.79 Å². The Balaban J connectivity index is 1.88. The Bertz CT molecular complexity index is 740. The first-order chi connectivity index (χ1) is 11.3. The molecule has 1 fully saturated rings. The molecule has 7 heteroatoms. The molecule has 3 heterocycles. The second kappa shape index (κ2) is 6.05. The number of aryl methyl sites for hydroxylation is 1. The van der Waals surface area contributed by atoms with Crippen LogP contribution in [0.4, 0.5) is 0 Å². The number of carbonyl (C=O) groups is 1. The van der Waals surface area contributed by atoms with Gasteiger partial charge in [-0.05, 0) is 32.4 Å². The Hall–Kier alpha value is -2.15. The number of hydrogen-bond acceptors (Lipinski definition) is 5. The molecule has 1 aliphatic heterocycles. The highest BCUT2D eigenvalue weighted by Gasteiger charge is 2.32. The van der Waals surface area contributed by atoms with Crippen LogP contribution in [0.2, 0.25) is 0 Å². The summed E-state index contributed by atoms with van der Waals surface area (Å²) in [7, 11) is 0. The summed E-state index contributed by atoms with van der Waals surface area (Å²) in [5.74, 6) is 2.16. The molecule has 0 bridgehead atoms. The molecule has 7 nitrogen and oxygen atoms in total. The zero-order valence-electron chi connectivity index (χ0n) is 14.7. The third-order valence-electron chi connectivity index (χ3n) is 4.38. The molecular weight excluding hydrogens is 306 g/mol. The number of amides is 1. The van der Waals surface area contributed by atoms with Crippen LogP contribution >= 0.6 is 0 Å². The molecule has 1 amide bonds. The molecule has 0 saturated carbocycles. The third-order valence-corrected chi connectivity index (χ3v) is 4.38. The molecule has 2 aromatic heterocycles. The number of carbonyl (C=O) groups excluding carboxylic acids is 1. The predicted molar refractivity (Wildman–Crippen MR) is 89.4 cm³/mol. The molecule has 0 unspecified atom stereocenters. The minimum Gasteiger partial charge on any atom is -0.455 e. The molecule has 1 atom stereocenters. The van der Waals surface area contributed by atoms with E-state index in [2.05, 4.69) is 40.9 Å². The number of nitrogens with zero attached hydrogens (tertiary/aromatic N) is 3. The summed E-state index contributed by atoms with van der Waals surface area (Å²) in [6.45, 7) is 9.78. The average molecular weight is 331 g/mol. The van der Waals surface area contributed by atoms with Gasteiger partial charge in [0.25, 0.3) is 5.91 Å². The summed E-state index contributed by atoms with van der Waals surface area (Å²) in [6.07, 6.45) is 2.13. The van der Waals surface area contributed by atoms with Crippen molar-refractivity contribution in [1.29, 1.82) is 0 Å². The first-order valence-electron chi connectivity index (χ1n) is 8.31. The number of rotatable bonds is 4. The van der Waals surface area contributed by atoms with Crippen molar-refractivity contribution in [2.24, 2.45) is 5.73 Å². The van der Waals surface area contributed by atoms with E-state index in [0.717, 1.165) is 42.4 Å². The molecule has 2 aromatic rings. The predicted octanol–water partition coefficient (Wildman–Crippen LogP) is 2.44. The molecule has 3 N–H and O–H groups in total. The van der Waals surface area contributed by atoms with Crippen molar-refractivity contribution in [3.8, 4) is 0 Å². The van der Waals surface area contributed by atoms with E-state index >= 15 is 0 Å². The number of aromatic nitrogens is 3. The minimum absolute atomic E-state index is 0.190. The molecule has 24 heavy (non-hydrogen) atoms. The van der Waals surface area contributed by atoms with Gasteiger partial charge in [0.05, 0.1) is 6.04 Å². The Morgan fingerprint density at radius 1 is 1.50 bits per heavy atom. The van der Waals surface area contributed by atoms with Gasteiger partial charge < -0.3 is 10.2 Å². The number of likely N-dealkylation sites (tertiary alicyclic amines) is 1. The van der Waals surface area contributed by atoms with Gasteiger partial charge in [0.15, 0.2) is 11.6 Å². The van der Waals surface area contributed by atoms with Crippen LogP contribution < -0.4 is 5.73 Å². The lowest BCUT2D eigenvalue weighted by molar-refractivity contribution is 0.0970. The van der Waals surface area contributed by atoms with E-state index in [1.807, 2.05) is 6.92 Å². The summed E-state index contributed by atoms with van der Waals surface area (Å²) in [4.78, 5) is 18.3. The molecule has 1 aliphatic rings. The maximum Gasteiger partial charge on any atom is 0.284 e. The molecule has 0 spiro atoms. The van der Waals surface area contributed by atoms with Crippen molar-refractivity contribution in [2.45, 2.75) is 58.5 Å². The lowest BCUT2D eigenvalue weighted by Crippen LogP contribution is -2.25. The number of hydrogen-bond donors (Lipinski definition) is 2. The summed E-state index contributed by atoms with van der Waals surface area (Å²) in [5, 5.41) is 7.24. The molecule has 0 radical (unpaired) electrons. The van der Waals surface area contributed by atoms with Crippen LogP contribution in [0.5, 0.6) is 0 Å². The van der Waals surface area contributed by atoms with Gasteiger partial charge in [-0.2, -0.15) is 5.10 Å². The molecular formula is C17H25N5O2. The van der Waals surface area contributed by atoms with E-state index in [1.54, 1.807) is 6.07 Å². The minimum atomic E-state index is -0.533. The van der Waals surface area contributed by atoms with E-state index in [1.165, 1.54) is 0 Å². The Morgan fingerprint density at radius 2 is 2.25 bits per heavy atom. The van der Waals surface area contributed by atoms with Crippen LogP contribution in [0.25, 0.3) is 0 Å². The second-order valence-corrected chi connectivity index (χ2v) is 7.49. The fraction of sp³-hybridized carbons (Fsp3) is 0.588. The lowest BCUT2D eigenvalue weighted by Gasteiger charge is -2.24. The molecule has 0 aromatic carbocycles. The number of nitrogens with one attached hydrogen (secondary N) is 1. The van der Waals surface area contributed by atoms with Crippen LogP contribution in [0, 0.1) is 6.92 Å². The largest absolute Gasteiger partial charge is 0.455 e. The SMILES string of the molecule is Cc1nc([C@H]2CCCN2Cc2cc(C(N)=O)oc2C(C)(C)C)n[nH]1. The number of H-pyrrole nitrogens is 1. The van der Waals surface area contributed by atoms with Crippen molar-refractivity contribution in [3.63, 3.8) is 0 Å². The topological polar surface area (TPSA) is 101 Å². The average Bonchev–Trinajstić information content (AvgIpc) is 3.17. The van der Waals surface area contributed by atoms with Crippen molar-refractivity contribution < 1.29 is 9.21 Å². The maximum atomic E-state index is 11.5. The number of nitrogens with two attached hydrogens (primary N) is 1. The fourth-order valence-electron chi connectivity index (χ4n) is 3.34. The highest BCUT2D eigenvalue weighted by molar-refractivity contribution is 5.90. The standard InChI is InChI=1S/C17H25N5O2/c1-10-19-16(21-20-10)12-6-5-7-22(12)9-11-8-13(15(18)23)24-14(11)17(2,3)4/h8,12H,5-7,9H2,1-4H3,(H2,18,23)(H,19,20,21)/t12-/m1/s1. The summed E-state index contributed by atoms with van der Waals surface area (Å²) in [6, 6.07) is 1.97. The summed E-state index contributed by atoms with van der Waals surface area (Å²) in [5.41, 5.74) is 6.21. The number of primary amides is 1. The first kappa shape index (κ1) is 16.7. The van der Waals surface area contributed by atoms with Crippen LogP contribution in [0.3, 0.4) is 0 Å². The van der Waals surface area contributed by atoms with Gasteiger partial charge in [-0.3, -0.25) is 14.8 Å². The van der Waals surface area contributed by atoms with Crippen molar-refractivity contribution in [3.05, 3.63) is 34.8 Å². The van der Waals surface area contributed by atoms with Gasteiger partial charge in [0.2, 0.25) is 0 Å². The smallest absolute Gasteiger partial charge is 0.284 e. The Labute approximate surface area is 141 Å². The first-order valence-corrected chi connectivity index (χ1v) is 8.31. The fourth-order valence-corrected chi connectivity index (χ4v) is 3.34. The van der Waals surface area contributed by atoms with Crippen molar-refractivity contribution in [1.82, 2.24) is 20.1 Å². The Morgan fingerprint density at radius 3 is 2.83 bits per heavy atom. The van der Waals surface area contributed by atoms with E-state index < -0.39 is 5.91 Å². The third kappa shape index (κ3) is 3.21. The maximum absolute atomic E-state index is 11.5. The van der Waals surface area contributed by atoms with Gasteiger partial charge in [0, 0.05) is 17.5 Å². The molecule has 3 rings (SSSR count). The van der Waals surface area contributed by atoms with Crippen LogP contribution in [-0.2, 0) is 12.0 Å². The normalized spacial score (nSPS) is 19.1. The van der Waals surface area contributed by atoms with Crippen LogP contribution in [0.1, 0.15) is 73.2 Å². The highest BCUT2D eigenvalue weighted by atomic mass is 16.4.